The summed E-state index contributed by atoms with van der Waals surface area (Å²) in [4.78, 5) is 0. The molecule has 1 nitrogen and oxygen atoms in total. The number of hydrogen-bond donors (Lipinski definition) is 1. The third-order valence-corrected chi connectivity index (χ3v) is 8.87. The van der Waals surface area contributed by atoms with Gasteiger partial charge >= 0.3 is 0 Å². The molecule has 0 aliphatic heterocycles. The second kappa shape index (κ2) is 19.0. The van der Waals surface area contributed by atoms with E-state index in [1.165, 1.54) is 94.1 Å². The molecule has 0 saturated heterocycles. The van der Waals surface area contributed by atoms with Crippen LogP contribution in [-0.4, -0.2) is 16.6 Å². The molecule has 0 radical (unpaired) electrons. The Morgan fingerprint density at radius 1 is 0.667 bits per heavy atom. The normalized spacial score (nSPS) is 11.9. The molecule has 0 atom stereocenters. The fourth-order valence-corrected chi connectivity index (χ4v) is 6.52. The molecular formula is C30H54OS2. The van der Waals surface area contributed by atoms with Crippen LogP contribution >= 0.6 is 23.5 Å². The summed E-state index contributed by atoms with van der Waals surface area (Å²) < 4.78 is 0. The van der Waals surface area contributed by atoms with Crippen molar-refractivity contribution in [2.24, 2.45) is 0 Å². The summed E-state index contributed by atoms with van der Waals surface area (Å²) in [6.45, 7) is 11.4. The molecule has 192 valence electrons. The standard InChI is InChI=1S/C30H54OS2/c1-6-9-11-13-15-17-20-32-24-26-22-27(25-33-21-18-16-14-12-10-7-2)29(31)28(23-26)30(4,5)19-8-3/h22-23,31H,6-21,24-25H2,1-5H3. The van der Waals surface area contributed by atoms with Crippen LogP contribution in [0.2, 0.25) is 0 Å². The molecule has 0 aliphatic carbocycles. The lowest BCUT2D eigenvalue weighted by atomic mass is 9.79. The molecule has 0 saturated carbocycles. The topological polar surface area (TPSA) is 20.2 Å². The summed E-state index contributed by atoms with van der Waals surface area (Å²) in [5.41, 5.74) is 3.75. The largest absolute Gasteiger partial charge is 0.507 e. The Balaban J connectivity index is 2.64. The quantitative estimate of drug-likeness (QED) is 0.172. The monoisotopic (exact) mass is 494 g/mol. The third-order valence-electron chi connectivity index (χ3n) is 6.66. The van der Waals surface area contributed by atoms with E-state index in [9.17, 15) is 5.11 Å². The van der Waals surface area contributed by atoms with Crippen molar-refractivity contribution in [3.63, 3.8) is 0 Å². The summed E-state index contributed by atoms with van der Waals surface area (Å²) in [6.07, 6.45) is 18.6. The number of thioether (sulfide) groups is 2. The highest BCUT2D eigenvalue weighted by molar-refractivity contribution is 7.98. The van der Waals surface area contributed by atoms with Gasteiger partial charge in [0.2, 0.25) is 0 Å². The van der Waals surface area contributed by atoms with Crippen LogP contribution in [0.25, 0.3) is 0 Å². The van der Waals surface area contributed by atoms with Gasteiger partial charge in [-0.15, -0.1) is 0 Å². The first-order valence-electron chi connectivity index (χ1n) is 14.0. The summed E-state index contributed by atoms with van der Waals surface area (Å²) in [5, 5.41) is 11.2. The van der Waals surface area contributed by atoms with Crippen LogP contribution in [0.4, 0.5) is 0 Å². The molecule has 0 unspecified atom stereocenters. The molecule has 0 aromatic heterocycles. The van der Waals surface area contributed by atoms with Crippen molar-refractivity contribution in [3.8, 4) is 5.75 Å². The highest BCUT2D eigenvalue weighted by Crippen LogP contribution is 2.39. The van der Waals surface area contributed by atoms with Crippen LogP contribution in [0.3, 0.4) is 0 Å². The van der Waals surface area contributed by atoms with Crippen LogP contribution in [0, 0.1) is 0 Å². The van der Waals surface area contributed by atoms with Crippen molar-refractivity contribution < 1.29 is 5.11 Å². The van der Waals surface area contributed by atoms with Gasteiger partial charge in [-0.05, 0) is 41.7 Å². The maximum absolute atomic E-state index is 11.2. The second-order valence-electron chi connectivity index (χ2n) is 10.4. The molecule has 0 heterocycles. The molecule has 0 fully saturated rings. The van der Waals surface area contributed by atoms with Crippen molar-refractivity contribution in [1.82, 2.24) is 0 Å². The zero-order valence-electron chi connectivity index (χ0n) is 22.6. The summed E-state index contributed by atoms with van der Waals surface area (Å²) in [5.74, 6) is 5.03. The van der Waals surface area contributed by atoms with E-state index in [-0.39, 0.29) is 5.41 Å². The van der Waals surface area contributed by atoms with Crippen LogP contribution < -0.4 is 0 Å². The number of benzene rings is 1. The Morgan fingerprint density at radius 3 is 1.73 bits per heavy atom. The summed E-state index contributed by atoms with van der Waals surface area (Å²) >= 11 is 4.07. The molecule has 0 amide bonds. The van der Waals surface area contributed by atoms with Gasteiger partial charge in [-0.1, -0.05) is 117 Å². The number of phenols is 1. The van der Waals surface area contributed by atoms with Gasteiger partial charge in [0.25, 0.3) is 0 Å². The second-order valence-corrected chi connectivity index (χ2v) is 12.6. The van der Waals surface area contributed by atoms with Crippen molar-refractivity contribution in [1.29, 1.82) is 0 Å². The van der Waals surface area contributed by atoms with E-state index in [0.29, 0.717) is 5.75 Å². The van der Waals surface area contributed by atoms with E-state index in [1.807, 2.05) is 11.8 Å². The van der Waals surface area contributed by atoms with Gasteiger partial charge in [0.05, 0.1) is 0 Å². The van der Waals surface area contributed by atoms with Gasteiger partial charge in [0.15, 0.2) is 0 Å². The van der Waals surface area contributed by atoms with Crippen molar-refractivity contribution in [3.05, 3.63) is 28.8 Å². The highest BCUT2D eigenvalue weighted by atomic mass is 32.2. The molecule has 1 aromatic rings. The number of rotatable bonds is 21. The Bertz CT molecular complexity index is 612. The van der Waals surface area contributed by atoms with Gasteiger partial charge in [-0.25, -0.2) is 0 Å². The molecule has 3 heteroatoms. The van der Waals surface area contributed by atoms with Crippen molar-refractivity contribution >= 4 is 23.5 Å². The fourth-order valence-electron chi connectivity index (χ4n) is 4.57. The molecule has 1 aromatic carbocycles. The number of hydrogen-bond acceptors (Lipinski definition) is 3. The lowest BCUT2D eigenvalue weighted by Gasteiger charge is -2.27. The van der Waals surface area contributed by atoms with Crippen LogP contribution in [0.5, 0.6) is 5.75 Å². The van der Waals surface area contributed by atoms with Crippen molar-refractivity contribution in [2.45, 2.75) is 141 Å². The Kier molecular flexibility index (Phi) is 17.7. The maximum Gasteiger partial charge on any atom is 0.123 e. The Labute approximate surface area is 215 Å². The summed E-state index contributed by atoms with van der Waals surface area (Å²) in [6, 6.07) is 4.60. The predicted molar refractivity (Wildman–Crippen MR) is 155 cm³/mol. The minimum absolute atomic E-state index is 0.0253. The number of aromatic hydroxyl groups is 1. The number of phenolic OH excluding ortho intramolecular Hbond substituents is 1. The molecule has 33 heavy (non-hydrogen) atoms. The first-order valence-corrected chi connectivity index (χ1v) is 16.3. The molecule has 0 bridgehead atoms. The van der Waals surface area contributed by atoms with Crippen LogP contribution in [-0.2, 0) is 16.9 Å². The zero-order chi connectivity index (χ0) is 24.4. The van der Waals surface area contributed by atoms with Crippen molar-refractivity contribution in [2.75, 3.05) is 11.5 Å². The van der Waals surface area contributed by atoms with E-state index in [1.54, 1.807) is 0 Å². The van der Waals surface area contributed by atoms with Gasteiger partial charge < -0.3 is 5.11 Å². The number of unbranched alkanes of at least 4 members (excludes halogenated alkanes) is 10. The van der Waals surface area contributed by atoms with E-state index in [0.717, 1.165) is 35.5 Å². The Morgan fingerprint density at radius 2 is 1.18 bits per heavy atom. The SMILES string of the molecule is CCCCCCCCSCc1cc(CSCCCCCCCC)c(O)c(C(C)(C)CCC)c1. The van der Waals surface area contributed by atoms with E-state index in [4.69, 9.17) is 0 Å². The fraction of sp³-hybridized carbons (Fsp3) is 0.800. The first-order chi connectivity index (χ1) is 16.0. The van der Waals surface area contributed by atoms with Gasteiger partial charge in [0, 0.05) is 22.6 Å². The maximum atomic E-state index is 11.2. The molecule has 0 aliphatic rings. The molecule has 0 spiro atoms. The molecule has 1 rings (SSSR count). The zero-order valence-corrected chi connectivity index (χ0v) is 24.3. The minimum atomic E-state index is 0.0253. The molecule has 1 N–H and O–H groups in total. The van der Waals surface area contributed by atoms with Crippen LogP contribution in [0.15, 0.2) is 12.1 Å². The van der Waals surface area contributed by atoms with E-state index in [2.05, 4.69) is 58.5 Å². The van der Waals surface area contributed by atoms with E-state index < -0.39 is 0 Å². The smallest absolute Gasteiger partial charge is 0.123 e. The van der Waals surface area contributed by atoms with E-state index >= 15 is 0 Å². The van der Waals surface area contributed by atoms with Gasteiger partial charge in [-0.3, -0.25) is 0 Å². The lowest BCUT2D eigenvalue weighted by molar-refractivity contribution is 0.414. The lowest BCUT2D eigenvalue weighted by Crippen LogP contribution is -2.18. The Hall–Kier alpha value is -0.280. The predicted octanol–water partition coefficient (Wildman–Crippen LogP) is 10.7. The minimum Gasteiger partial charge on any atom is -0.507 e. The van der Waals surface area contributed by atoms with Gasteiger partial charge in [-0.2, -0.15) is 23.5 Å². The third kappa shape index (κ3) is 13.4. The summed E-state index contributed by atoms with van der Waals surface area (Å²) in [7, 11) is 0. The van der Waals surface area contributed by atoms with Gasteiger partial charge in [0.1, 0.15) is 5.75 Å². The highest BCUT2D eigenvalue weighted by Gasteiger charge is 2.25. The average molecular weight is 495 g/mol. The molecular weight excluding hydrogens is 440 g/mol. The van der Waals surface area contributed by atoms with Crippen LogP contribution in [0.1, 0.15) is 141 Å². The average Bonchev–Trinajstić information content (AvgIpc) is 2.78. The first kappa shape index (κ1) is 30.8.